The minimum atomic E-state index is -0.800. The van der Waals surface area contributed by atoms with Crippen LogP contribution in [0.2, 0.25) is 0 Å². The third-order valence-corrected chi connectivity index (χ3v) is 7.38. The molecule has 1 fully saturated rings. The van der Waals surface area contributed by atoms with Gasteiger partial charge in [-0.2, -0.15) is 0 Å². The van der Waals surface area contributed by atoms with Crippen LogP contribution < -0.4 is 5.32 Å². The van der Waals surface area contributed by atoms with Gasteiger partial charge < -0.3 is 10.4 Å². The third-order valence-electron chi connectivity index (χ3n) is 7.38. The summed E-state index contributed by atoms with van der Waals surface area (Å²) < 4.78 is 0. The number of piperidine rings is 1. The Labute approximate surface area is 197 Å². The van der Waals surface area contributed by atoms with Gasteiger partial charge in [-0.05, 0) is 42.4 Å². The molecule has 1 saturated heterocycles. The van der Waals surface area contributed by atoms with Crippen molar-refractivity contribution in [2.24, 2.45) is 0 Å². The minimum absolute atomic E-state index is 0.0606. The molecule has 0 spiro atoms. The highest BCUT2D eigenvalue weighted by Gasteiger charge is 2.37. The van der Waals surface area contributed by atoms with Gasteiger partial charge in [0.05, 0.1) is 11.8 Å². The van der Waals surface area contributed by atoms with Gasteiger partial charge in [0, 0.05) is 18.5 Å². The maximum Gasteiger partial charge on any atom is 0.208 e. The van der Waals surface area contributed by atoms with E-state index < -0.39 is 5.60 Å². The van der Waals surface area contributed by atoms with Crippen LogP contribution in [0.25, 0.3) is 0 Å². The molecule has 3 aromatic rings. The lowest BCUT2D eigenvalue weighted by molar-refractivity contribution is -0.112. The van der Waals surface area contributed by atoms with E-state index in [9.17, 15) is 9.90 Å². The molecule has 1 atom stereocenters. The van der Waals surface area contributed by atoms with Gasteiger partial charge in [-0.15, -0.1) is 0 Å². The number of likely N-dealkylation sites (tertiary alicyclic amines) is 1. The summed E-state index contributed by atoms with van der Waals surface area (Å²) in [6, 6.07) is 31.2. The summed E-state index contributed by atoms with van der Waals surface area (Å²) in [5, 5.41) is 14.3. The zero-order valence-electron chi connectivity index (χ0n) is 19.4. The standard InChI is InChI=1S/C29H34N2O2/c1-28(24-11-5-2-6-12-24,25-13-7-3-8-14-25)18-17-27(30-23-32)31-21-19-29(33,20-22-31)26-15-9-4-10-16-26/h2-16,23,27,33H,17-22H2,1H3,(H,30,32). The SMILES string of the molecule is CC(CCC(NC=O)N1CCC(O)(c2ccccc2)CC1)(c1ccccc1)c1ccccc1. The molecule has 4 heteroatoms. The molecule has 1 amide bonds. The Morgan fingerprint density at radius 1 is 0.909 bits per heavy atom. The molecule has 0 bridgehead atoms. The molecule has 33 heavy (non-hydrogen) atoms. The van der Waals surface area contributed by atoms with Crippen LogP contribution in [-0.2, 0) is 15.8 Å². The number of benzene rings is 3. The van der Waals surface area contributed by atoms with Crippen LogP contribution in [0, 0.1) is 0 Å². The molecule has 3 aromatic carbocycles. The normalized spacial score (nSPS) is 17.3. The van der Waals surface area contributed by atoms with Crippen LogP contribution in [-0.4, -0.2) is 35.7 Å². The fourth-order valence-electron chi connectivity index (χ4n) is 5.19. The first-order valence-electron chi connectivity index (χ1n) is 11.9. The first-order chi connectivity index (χ1) is 16.0. The Bertz CT molecular complexity index is 960. The molecule has 4 rings (SSSR count). The van der Waals surface area contributed by atoms with Crippen molar-refractivity contribution < 1.29 is 9.90 Å². The number of aliphatic hydroxyl groups is 1. The van der Waals surface area contributed by atoms with Crippen molar-refractivity contribution >= 4 is 6.41 Å². The van der Waals surface area contributed by atoms with Crippen LogP contribution in [0.1, 0.15) is 49.3 Å². The van der Waals surface area contributed by atoms with Gasteiger partial charge in [-0.25, -0.2) is 0 Å². The summed E-state index contributed by atoms with van der Waals surface area (Å²) in [4.78, 5) is 13.8. The number of carbonyl (C=O) groups excluding carboxylic acids is 1. The number of nitrogens with zero attached hydrogens (tertiary/aromatic N) is 1. The molecule has 172 valence electrons. The first kappa shape index (κ1) is 23.2. The molecule has 1 heterocycles. The van der Waals surface area contributed by atoms with E-state index >= 15 is 0 Å². The van der Waals surface area contributed by atoms with Gasteiger partial charge in [0.25, 0.3) is 0 Å². The van der Waals surface area contributed by atoms with Crippen molar-refractivity contribution in [3.05, 3.63) is 108 Å². The van der Waals surface area contributed by atoms with E-state index in [1.54, 1.807) is 0 Å². The maximum absolute atomic E-state index is 11.5. The van der Waals surface area contributed by atoms with Crippen molar-refractivity contribution in [2.75, 3.05) is 13.1 Å². The maximum atomic E-state index is 11.5. The number of carbonyl (C=O) groups is 1. The Kier molecular flexibility index (Phi) is 7.26. The van der Waals surface area contributed by atoms with Gasteiger partial charge in [0.1, 0.15) is 0 Å². The van der Waals surface area contributed by atoms with E-state index in [0.717, 1.165) is 37.9 Å². The topological polar surface area (TPSA) is 52.6 Å². The van der Waals surface area contributed by atoms with E-state index in [-0.39, 0.29) is 11.6 Å². The lowest BCUT2D eigenvalue weighted by Crippen LogP contribution is -2.52. The van der Waals surface area contributed by atoms with Crippen LogP contribution in [0.4, 0.5) is 0 Å². The zero-order valence-corrected chi connectivity index (χ0v) is 19.4. The fourth-order valence-corrected chi connectivity index (χ4v) is 5.19. The van der Waals surface area contributed by atoms with E-state index in [4.69, 9.17) is 0 Å². The summed E-state index contributed by atoms with van der Waals surface area (Å²) in [6.07, 6.45) is 3.78. The lowest BCUT2D eigenvalue weighted by atomic mass is 9.72. The molecular formula is C29H34N2O2. The van der Waals surface area contributed by atoms with Crippen LogP contribution >= 0.6 is 0 Å². The predicted octanol–water partition coefficient (Wildman–Crippen LogP) is 4.83. The lowest BCUT2D eigenvalue weighted by Gasteiger charge is -2.42. The molecule has 0 aliphatic carbocycles. The van der Waals surface area contributed by atoms with Crippen molar-refractivity contribution in [3.8, 4) is 0 Å². The van der Waals surface area contributed by atoms with Gasteiger partial charge in [-0.3, -0.25) is 9.69 Å². The highest BCUT2D eigenvalue weighted by Crippen LogP contribution is 2.38. The minimum Gasteiger partial charge on any atom is -0.385 e. The van der Waals surface area contributed by atoms with Gasteiger partial charge in [-0.1, -0.05) is 97.9 Å². The quantitative estimate of drug-likeness (QED) is 0.467. The molecule has 1 aliphatic rings. The van der Waals surface area contributed by atoms with Gasteiger partial charge >= 0.3 is 0 Å². The van der Waals surface area contributed by atoms with Gasteiger partial charge in [0.2, 0.25) is 6.41 Å². The molecule has 0 aromatic heterocycles. The number of hydrogen-bond donors (Lipinski definition) is 2. The van der Waals surface area contributed by atoms with E-state index in [1.165, 1.54) is 11.1 Å². The van der Waals surface area contributed by atoms with Crippen molar-refractivity contribution in [1.82, 2.24) is 10.2 Å². The molecular weight excluding hydrogens is 408 g/mol. The molecule has 1 unspecified atom stereocenters. The van der Waals surface area contributed by atoms with Gasteiger partial charge in [0.15, 0.2) is 0 Å². The number of nitrogens with one attached hydrogen (secondary N) is 1. The van der Waals surface area contributed by atoms with Crippen LogP contribution in [0.5, 0.6) is 0 Å². The van der Waals surface area contributed by atoms with E-state index in [0.29, 0.717) is 12.8 Å². The highest BCUT2D eigenvalue weighted by atomic mass is 16.3. The number of rotatable bonds is 9. The Balaban J connectivity index is 1.49. The fraction of sp³-hybridized carbons (Fsp3) is 0.345. The third kappa shape index (κ3) is 5.18. The molecule has 0 radical (unpaired) electrons. The second kappa shape index (κ2) is 10.3. The predicted molar refractivity (Wildman–Crippen MR) is 133 cm³/mol. The van der Waals surface area contributed by atoms with Crippen LogP contribution in [0.3, 0.4) is 0 Å². The largest absolute Gasteiger partial charge is 0.385 e. The summed E-state index contributed by atoms with van der Waals surface area (Å²) in [5.74, 6) is 0. The summed E-state index contributed by atoms with van der Waals surface area (Å²) in [5.41, 5.74) is 2.57. The van der Waals surface area contributed by atoms with Crippen LogP contribution in [0.15, 0.2) is 91.0 Å². The number of amides is 1. The summed E-state index contributed by atoms with van der Waals surface area (Å²) >= 11 is 0. The Morgan fingerprint density at radius 3 is 1.88 bits per heavy atom. The second-order valence-electron chi connectivity index (χ2n) is 9.34. The average Bonchev–Trinajstić information content (AvgIpc) is 2.88. The zero-order chi connectivity index (χ0) is 23.2. The average molecular weight is 443 g/mol. The summed E-state index contributed by atoms with van der Waals surface area (Å²) in [7, 11) is 0. The monoisotopic (exact) mass is 442 g/mol. The van der Waals surface area contributed by atoms with E-state index in [1.807, 2.05) is 42.5 Å². The smallest absolute Gasteiger partial charge is 0.208 e. The van der Waals surface area contributed by atoms with Crippen molar-refractivity contribution in [3.63, 3.8) is 0 Å². The Morgan fingerprint density at radius 2 is 1.39 bits per heavy atom. The van der Waals surface area contributed by atoms with Crippen molar-refractivity contribution in [1.29, 1.82) is 0 Å². The first-order valence-corrected chi connectivity index (χ1v) is 11.9. The number of hydrogen-bond acceptors (Lipinski definition) is 3. The molecule has 4 nitrogen and oxygen atoms in total. The molecule has 2 N–H and O–H groups in total. The highest BCUT2D eigenvalue weighted by molar-refractivity contribution is 5.46. The molecule has 1 aliphatic heterocycles. The summed E-state index contributed by atoms with van der Waals surface area (Å²) in [6.45, 7) is 3.77. The molecule has 0 saturated carbocycles. The van der Waals surface area contributed by atoms with E-state index in [2.05, 4.69) is 65.7 Å². The second-order valence-corrected chi connectivity index (χ2v) is 9.34. The Hall–Kier alpha value is -2.95. The van der Waals surface area contributed by atoms with Crippen molar-refractivity contribution in [2.45, 2.75) is 49.8 Å².